The maximum Gasteiger partial charge on any atom is 0.231 e. The van der Waals surface area contributed by atoms with Gasteiger partial charge in [0.1, 0.15) is 0 Å². The third kappa shape index (κ3) is 3.19. The topological polar surface area (TPSA) is 60.5 Å². The number of hydrogen-bond donors (Lipinski definition) is 1. The zero-order valence-electron chi connectivity index (χ0n) is 12.6. The van der Waals surface area contributed by atoms with Crippen LogP contribution in [0.15, 0.2) is 36.5 Å². The molecule has 0 saturated carbocycles. The monoisotopic (exact) mass is 298 g/mol. The van der Waals surface area contributed by atoms with Crippen LogP contribution in [-0.2, 0) is 11.2 Å². The van der Waals surface area contributed by atoms with E-state index in [1.807, 2.05) is 44.2 Å². The zero-order valence-corrected chi connectivity index (χ0v) is 12.6. The van der Waals surface area contributed by atoms with E-state index in [1.54, 1.807) is 6.20 Å². The molecule has 1 aromatic carbocycles. The molecule has 1 aliphatic heterocycles. The van der Waals surface area contributed by atoms with E-state index < -0.39 is 0 Å². The Morgan fingerprint density at radius 1 is 1.27 bits per heavy atom. The van der Waals surface area contributed by atoms with Gasteiger partial charge in [-0.2, -0.15) is 0 Å². The Labute approximate surface area is 129 Å². The summed E-state index contributed by atoms with van der Waals surface area (Å²) in [4.78, 5) is 16.4. The van der Waals surface area contributed by atoms with Crippen molar-refractivity contribution in [2.45, 2.75) is 26.3 Å². The molecule has 2 heterocycles. The maximum absolute atomic E-state index is 12.2. The molecular weight excluding hydrogens is 280 g/mol. The van der Waals surface area contributed by atoms with Gasteiger partial charge < -0.3 is 14.8 Å². The summed E-state index contributed by atoms with van der Waals surface area (Å²) in [6.07, 6.45) is 2.10. The van der Waals surface area contributed by atoms with Crippen LogP contribution < -0.4 is 14.8 Å². The van der Waals surface area contributed by atoms with Crippen molar-refractivity contribution < 1.29 is 14.3 Å². The second-order valence-electron chi connectivity index (χ2n) is 5.39. The first-order valence-electron chi connectivity index (χ1n) is 7.22. The summed E-state index contributed by atoms with van der Waals surface area (Å²) in [7, 11) is 0. The standard InChI is InChI=1S/C17H18N2O3/c1-11-3-5-14(9-18-11)12(2)19-17(20)8-13-4-6-15-16(7-13)22-10-21-15/h3-7,9,12H,8,10H2,1-2H3,(H,19,20). The number of ether oxygens (including phenoxy) is 2. The Morgan fingerprint density at radius 3 is 2.86 bits per heavy atom. The third-order valence-corrected chi connectivity index (χ3v) is 3.61. The number of nitrogens with zero attached hydrogens (tertiary/aromatic N) is 1. The number of carbonyl (C=O) groups excluding carboxylic acids is 1. The SMILES string of the molecule is Cc1ccc(C(C)NC(=O)Cc2ccc3c(c2)OCO3)cn1. The quantitative estimate of drug-likeness (QED) is 0.942. The maximum atomic E-state index is 12.2. The minimum atomic E-state index is -0.0744. The Morgan fingerprint density at radius 2 is 2.09 bits per heavy atom. The van der Waals surface area contributed by atoms with Crippen LogP contribution in [0.4, 0.5) is 0 Å². The first-order chi connectivity index (χ1) is 10.6. The van der Waals surface area contributed by atoms with Crippen molar-refractivity contribution in [3.8, 4) is 11.5 Å². The molecule has 1 atom stereocenters. The van der Waals surface area contributed by atoms with E-state index in [-0.39, 0.29) is 18.7 Å². The molecular formula is C17H18N2O3. The first kappa shape index (κ1) is 14.4. The zero-order chi connectivity index (χ0) is 15.5. The number of rotatable bonds is 4. The van der Waals surface area contributed by atoms with E-state index in [1.165, 1.54) is 0 Å². The van der Waals surface area contributed by atoms with Crippen LogP contribution in [-0.4, -0.2) is 17.7 Å². The van der Waals surface area contributed by atoms with Gasteiger partial charge in [-0.15, -0.1) is 0 Å². The predicted octanol–water partition coefficient (Wildman–Crippen LogP) is 2.54. The molecule has 0 spiro atoms. The molecule has 0 saturated heterocycles. The number of hydrogen-bond acceptors (Lipinski definition) is 4. The van der Waals surface area contributed by atoms with E-state index in [9.17, 15) is 4.79 Å². The van der Waals surface area contributed by atoms with Gasteiger partial charge in [0.25, 0.3) is 0 Å². The van der Waals surface area contributed by atoms with Crippen molar-refractivity contribution in [2.24, 2.45) is 0 Å². The first-order valence-corrected chi connectivity index (χ1v) is 7.22. The molecule has 5 heteroatoms. The molecule has 1 unspecified atom stereocenters. The number of aryl methyl sites for hydroxylation is 1. The molecule has 0 radical (unpaired) electrons. The Balaban J connectivity index is 1.61. The van der Waals surface area contributed by atoms with Gasteiger partial charge in [-0.3, -0.25) is 9.78 Å². The molecule has 1 N–H and O–H groups in total. The average molecular weight is 298 g/mol. The molecule has 5 nitrogen and oxygen atoms in total. The summed E-state index contributed by atoms with van der Waals surface area (Å²) in [6, 6.07) is 9.40. The highest BCUT2D eigenvalue weighted by Gasteiger charge is 2.15. The number of aromatic nitrogens is 1. The van der Waals surface area contributed by atoms with Crippen molar-refractivity contribution in [3.63, 3.8) is 0 Å². The lowest BCUT2D eigenvalue weighted by molar-refractivity contribution is -0.121. The van der Waals surface area contributed by atoms with Crippen LogP contribution in [0.2, 0.25) is 0 Å². The molecule has 1 amide bonds. The average Bonchev–Trinajstić information content (AvgIpc) is 2.95. The predicted molar refractivity (Wildman–Crippen MR) is 81.8 cm³/mol. The summed E-state index contributed by atoms with van der Waals surface area (Å²) in [5.74, 6) is 1.39. The van der Waals surface area contributed by atoms with Crippen molar-refractivity contribution in [2.75, 3.05) is 6.79 Å². The molecule has 0 aliphatic carbocycles. The van der Waals surface area contributed by atoms with Gasteiger partial charge in [0.2, 0.25) is 12.7 Å². The molecule has 1 aromatic heterocycles. The number of carbonyl (C=O) groups is 1. The number of fused-ring (bicyclic) bond motifs is 1. The van der Waals surface area contributed by atoms with Crippen molar-refractivity contribution >= 4 is 5.91 Å². The fraction of sp³-hybridized carbons (Fsp3) is 0.294. The summed E-state index contributed by atoms with van der Waals surface area (Å²) in [5, 5.41) is 2.98. The summed E-state index contributed by atoms with van der Waals surface area (Å²) >= 11 is 0. The highest BCUT2D eigenvalue weighted by atomic mass is 16.7. The highest BCUT2D eigenvalue weighted by molar-refractivity contribution is 5.79. The van der Waals surface area contributed by atoms with Crippen LogP contribution in [0.5, 0.6) is 11.5 Å². The van der Waals surface area contributed by atoms with Crippen molar-refractivity contribution in [1.82, 2.24) is 10.3 Å². The van der Waals surface area contributed by atoms with Gasteiger partial charge in [0.15, 0.2) is 11.5 Å². The van der Waals surface area contributed by atoms with E-state index in [0.717, 1.165) is 22.6 Å². The van der Waals surface area contributed by atoms with Crippen LogP contribution in [0.1, 0.15) is 29.8 Å². The van der Waals surface area contributed by atoms with Crippen molar-refractivity contribution in [1.29, 1.82) is 0 Å². The number of pyridine rings is 1. The number of benzene rings is 1. The van der Waals surface area contributed by atoms with Gasteiger partial charge in [-0.05, 0) is 43.2 Å². The molecule has 3 rings (SSSR count). The van der Waals surface area contributed by atoms with Crippen LogP contribution in [0, 0.1) is 6.92 Å². The Kier molecular flexibility index (Phi) is 3.96. The molecule has 22 heavy (non-hydrogen) atoms. The Bertz CT molecular complexity index is 683. The molecule has 2 aromatic rings. The second kappa shape index (κ2) is 6.05. The molecule has 114 valence electrons. The smallest absolute Gasteiger partial charge is 0.231 e. The van der Waals surface area contributed by atoms with Crippen LogP contribution in [0.3, 0.4) is 0 Å². The van der Waals surface area contributed by atoms with Gasteiger partial charge >= 0.3 is 0 Å². The largest absolute Gasteiger partial charge is 0.454 e. The fourth-order valence-corrected chi connectivity index (χ4v) is 2.35. The van der Waals surface area contributed by atoms with Gasteiger partial charge in [0.05, 0.1) is 12.5 Å². The van der Waals surface area contributed by atoms with Gasteiger partial charge in [-0.25, -0.2) is 0 Å². The summed E-state index contributed by atoms with van der Waals surface area (Å²) < 4.78 is 10.6. The van der Waals surface area contributed by atoms with Gasteiger partial charge in [-0.1, -0.05) is 12.1 Å². The molecule has 0 bridgehead atoms. The number of amides is 1. The lowest BCUT2D eigenvalue weighted by Crippen LogP contribution is -2.28. The van der Waals surface area contributed by atoms with E-state index >= 15 is 0 Å². The number of nitrogens with one attached hydrogen (secondary N) is 1. The van der Waals surface area contributed by atoms with Crippen LogP contribution >= 0.6 is 0 Å². The molecule has 1 aliphatic rings. The minimum Gasteiger partial charge on any atom is -0.454 e. The summed E-state index contributed by atoms with van der Waals surface area (Å²) in [6.45, 7) is 4.12. The molecule has 0 fully saturated rings. The normalized spacial score (nSPS) is 13.7. The lowest BCUT2D eigenvalue weighted by atomic mass is 10.1. The highest BCUT2D eigenvalue weighted by Crippen LogP contribution is 2.32. The third-order valence-electron chi connectivity index (χ3n) is 3.61. The van der Waals surface area contributed by atoms with E-state index in [4.69, 9.17) is 9.47 Å². The minimum absolute atomic E-state index is 0.0352. The van der Waals surface area contributed by atoms with Crippen molar-refractivity contribution in [3.05, 3.63) is 53.3 Å². The fourth-order valence-electron chi connectivity index (χ4n) is 2.35. The van der Waals surface area contributed by atoms with E-state index in [2.05, 4.69) is 10.3 Å². The van der Waals surface area contributed by atoms with Crippen LogP contribution in [0.25, 0.3) is 0 Å². The summed E-state index contributed by atoms with van der Waals surface area (Å²) in [5.41, 5.74) is 2.85. The Hall–Kier alpha value is -2.56. The van der Waals surface area contributed by atoms with Gasteiger partial charge in [0, 0.05) is 11.9 Å². The lowest BCUT2D eigenvalue weighted by Gasteiger charge is -2.14. The second-order valence-corrected chi connectivity index (χ2v) is 5.39. The van der Waals surface area contributed by atoms with E-state index in [0.29, 0.717) is 12.2 Å².